The van der Waals surface area contributed by atoms with Crippen molar-refractivity contribution in [3.8, 4) is 5.75 Å². The molecule has 0 spiro atoms. The summed E-state index contributed by atoms with van der Waals surface area (Å²) >= 11 is 3.52. The van der Waals surface area contributed by atoms with Gasteiger partial charge < -0.3 is 10.1 Å². The average Bonchev–Trinajstić information content (AvgIpc) is 3.08. The van der Waals surface area contributed by atoms with Crippen molar-refractivity contribution in [3.05, 3.63) is 63.1 Å². The zero-order valence-electron chi connectivity index (χ0n) is 15.6. The zero-order chi connectivity index (χ0) is 18.7. The Morgan fingerprint density at radius 3 is 2.54 bits per heavy atom. The van der Waals surface area contributed by atoms with E-state index in [2.05, 4.69) is 53.3 Å². The Kier molecular flexibility index (Phi) is 6.02. The monoisotopic (exact) mass is 415 g/mol. The van der Waals surface area contributed by atoms with E-state index in [0.717, 1.165) is 16.5 Å². The topological polar surface area (TPSA) is 38.3 Å². The van der Waals surface area contributed by atoms with Crippen molar-refractivity contribution in [2.24, 2.45) is 0 Å². The second-order valence-corrected chi connectivity index (χ2v) is 8.16. The van der Waals surface area contributed by atoms with E-state index < -0.39 is 0 Å². The number of benzene rings is 2. The summed E-state index contributed by atoms with van der Waals surface area (Å²) < 4.78 is 6.56. The molecule has 0 fully saturated rings. The van der Waals surface area contributed by atoms with E-state index in [1.54, 1.807) is 0 Å². The highest BCUT2D eigenvalue weighted by molar-refractivity contribution is 9.10. The van der Waals surface area contributed by atoms with E-state index in [1.807, 2.05) is 25.1 Å². The van der Waals surface area contributed by atoms with Crippen LogP contribution in [0.5, 0.6) is 5.75 Å². The van der Waals surface area contributed by atoms with Crippen LogP contribution < -0.4 is 10.1 Å². The van der Waals surface area contributed by atoms with Gasteiger partial charge in [0, 0.05) is 0 Å². The molecule has 2 aromatic rings. The van der Waals surface area contributed by atoms with E-state index in [-0.39, 0.29) is 18.6 Å². The first kappa shape index (κ1) is 19.0. The van der Waals surface area contributed by atoms with Gasteiger partial charge in [-0.25, -0.2) is 0 Å². The van der Waals surface area contributed by atoms with Crippen molar-refractivity contribution in [1.82, 2.24) is 5.32 Å². The third-order valence-electron chi connectivity index (χ3n) is 4.98. The number of nitrogens with one attached hydrogen (secondary N) is 1. The van der Waals surface area contributed by atoms with E-state index in [0.29, 0.717) is 11.7 Å². The number of ether oxygens (including phenoxy) is 1. The molecule has 0 bridgehead atoms. The Labute approximate surface area is 164 Å². The molecule has 1 aliphatic rings. The van der Waals surface area contributed by atoms with E-state index >= 15 is 0 Å². The van der Waals surface area contributed by atoms with Gasteiger partial charge in [-0.05, 0) is 82.4 Å². The highest BCUT2D eigenvalue weighted by Crippen LogP contribution is 2.29. The predicted octanol–water partition coefficient (Wildman–Crippen LogP) is 5.32. The molecule has 2 aromatic carbocycles. The van der Waals surface area contributed by atoms with Gasteiger partial charge in [0.1, 0.15) is 5.75 Å². The fourth-order valence-corrected chi connectivity index (χ4v) is 3.88. The number of halogens is 1. The highest BCUT2D eigenvalue weighted by Gasteiger charge is 2.15. The van der Waals surface area contributed by atoms with Crippen LogP contribution in [-0.2, 0) is 17.6 Å². The lowest BCUT2D eigenvalue weighted by Crippen LogP contribution is -2.31. The minimum atomic E-state index is -0.113. The van der Waals surface area contributed by atoms with Gasteiger partial charge in [-0.2, -0.15) is 0 Å². The standard InChI is InChI=1S/C22H26BrNO2/c1-14(2)17-9-10-21(20(23)12-17)26-13-22(25)24-15(3)18-8-7-16-5-4-6-19(16)11-18/h7-12,14-15H,4-6,13H2,1-3H3,(H,24,25)/t15-/m1/s1. The molecular weight excluding hydrogens is 390 g/mol. The summed E-state index contributed by atoms with van der Waals surface area (Å²) in [7, 11) is 0. The summed E-state index contributed by atoms with van der Waals surface area (Å²) in [6, 6.07) is 12.5. The number of carbonyl (C=O) groups excluding carboxylic acids is 1. The molecule has 1 amide bonds. The Morgan fingerprint density at radius 1 is 1.08 bits per heavy atom. The van der Waals surface area contributed by atoms with Crippen molar-refractivity contribution in [3.63, 3.8) is 0 Å². The SMILES string of the molecule is CC(C)c1ccc(OCC(=O)N[C@H](C)c2ccc3c(c2)CCC3)c(Br)c1. The third-order valence-corrected chi connectivity index (χ3v) is 5.60. The Balaban J connectivity index is 1.55. The van der Waals surface area contributed by atoms with Crippen LogP contribution in [0.4, 0.5) is 0 Å². The Bertz CT molecular complexity index is 801. The third kappa shape index (κ3) is 4.47. The molecule has 1 N–H and O–H groups in total. The second kappa shape index (κ2) is 8.26. The minimum absolute atomic E-state index is 0.00884. The lowest BCUT2D eigenvalue weighted by atomic mass is 10.0. The van der Waals surface area contributed by atoms with Crippen LogP contribution in [0.1, 0.15) is 61.4 Å². The molecule has 26 heavy (non-hydrogen) atoms. The van der Waals surface area contributed by atoms with Gasteiger partial charge >= 0.3 is 0 Å². The molecule has 1 atom stereocenters. The lowest BCUT2D eigenvalue weighted by molar-refractivity contribution is -0.123. The maximum atomic E-state index is 12.3. The summed E-state index contributed by atoms with van der Waals surface area (Å²) in [5.74, 6) is 1.03. The van der Waals surface area contributed by atoms with Gasteiger partial charge in [0.25, 0.3) is 5.91 Å². The fraction of sp³-hybridized carbons (Fsp3) is 0.409. The van der Waals surface area contributed by atoms with Crippen LogP contribution in [0.3, 0.4) is 0 Å². The normalized spacial score (nSPS) is 14.2. The van der Waals surface area contributed by atoms with Crippen LogP contribution in [0.2, 0.25) is 0 Å². The van der Waals surface area contributed by atoms with Crippen LogP contribution >= 0.6 is 15.9 Å². The number of fused-ring (bicyclic) bond motifs is 1. The zero-order valence-corrected chi connectivity index (χ0v) is 17.2. The smallest absolute Gasteiger partial charge is 0.258 e. The van der Waals surface area contributed by atoms with Gasteiger partial charge in [0.15, 0.2) is 6.61 Å². The average molecular weight is 416 g/mol. The molecule has 0 heterocycles. The van der Waals surface area contributed by atoms with Gasteiger partial charge in [-0.1, -0.05) is 38.1 Å². The molecule has 0 radical (unpaired) electrons. The number of carbonyl (C=O) groups is 1. The van der Waals surface area contributed by atoms with Crippen LogP contribution in [0.15, 0.2) is 40.9 Å². The quantitative estimate of drug-likeness (QED) is 0.693. The number of hydrogen-bond donors (Lipinski definition) is 1. The van der Waals surface area contributed by atoms with Crippen LogP contribution in [0.25, 0.3) is 0 Å². The summed E-state index contributed by atoms with van der Waals surface area (Å²) in [4.78, 5) is 12.3. The largest absolute Gasteiger partial charge is 0.483 e. The van der Waals surface area contributed by atoms with Gasteiger partial charge in [0.05, 0.1) is 10.5 Å². The summed E-state index contributed by atoms with van der Waals surface area (Å²) in [6.45, 7) is 6.32. The molecule has 0 aromatic heterocycles. The molecule has 0 aliphatic heterocycles. The van der Waals surface area contributed by atoms with Crippen molar-refractivity contribution in [2.45, 2.75) is 52.0 Å². The summed E-state index contributed by atoms with van der Waals surface area (Å²) in [5, 5.41) is 3.03. The fourth-order valence-electron chi connectivity index (χ4n) is 3.36. The molecule has 4 heteroatoms. The van der Waals surface area contributed by atoms with Crippen molar-refractivity contribution in [2.75, 3.05) is 6.61 Å². The molecule has 0 saturated carbocycles. The Hall–Kier alpha value is -1.81. The van der Waals surface area contributed by atoms with Crippen LogP contribution in [-0.4, -0.2) is 12.5 Å². The molecule has 138 valence electrons. The number of amides is 1. The van der Waals surface area contributed by atoms with E-state index in [9.17, 15) is 4.79 Å². The van der Waals surface area contributed by atoms with E-state index in [1.165, 1.54) is 29.5 Å². The van der Waals surface area contributed by atoms with E-state index in [4.69, 9.17) is 4.74 Å². The van der Waals surface area contributed by atoms with Gasteiger partial charge in [-0.3, -0.25) is 4.79 Å². The minimum Gasteiger partial charge on any atom is -0.483 e. The molecule has 0 unspecified atom stereocenters. The maximum Gasteiger partial charge on any atom is 0.258 e. The highest BCUT2D eigenvalue weighted by atomic mass is 79.9. The maximum absolute atomic E-state index is 12.3. The molecule has 3 nitrogen and oxygen atoms in total. The lowest BCUT2D eigenvalue weighted by Gasteiger charge is -2.16. The second-order valence-electron chi connectivity index (χ2n) is 7.30. The van der Waals surface area contributed by atoms with Crippen LogP contribution in [0, 0.1) is 0 Å². The van der Waals surface area contributed by atoms with Crippen molar-refractivity contribution < 1.29 is 9.53 Å². The first-order valence-electron chi connectivity index (χ1n) is 9.27. The summed E-state index contributed by atoms with van der Waals surface area (Å²) in [6.07, 6.45) is 3.56. The first-order valence-corrected chi connectivity index (χ1v) is 10.1. The molecule has 0 saturated heterocycles. The summed E-state index contributed by atoms with van der Waals surface area (Å²) in [5.41, 5.74) is 5.26. The van der Waals surface area contributed by atoms with Gasteiger partial charge in [-0.15, -0.1) is 0 Å². The molecular formula is C22H26BrNO2. The van der Waals surface area contributed by atoms with Crippen molar-refractivity contribution >= 4 is 21.8 Å². The van der Waals surface area contributed by atoms with Crippen molar-refractivity contribution in [1.29, 1.82) is 0 Å². The number of hydrogen-bond acceptors (Lipinski definition) is 2. The molecule has 3 rings (SSSR count). The number of aryl methyl sites for hydroxylation is 2. The first-order chi connectivity index (χ1) is 12.4. The molecule has 1 aliphatic carbocycles. The van der Waals surface area contributed by atoms with Gasteiger partial charge in [0.2, 0.25) is 0 Å². The predicted molar refractivity (Wildman–Crippen MR) is 109 cm³/mol. The number of rotatable bonds is 6. The Morgan fingerprint density at radius 2 is 1.81 bits per heavy atom.